The zero-order chi connectivity index (χ0) is 12.3. The van der Waals surface area contributed by atoms with Crippen molar-refractivity contribution in [3.05, 3.63) is 21.9 Å². The molecule has 0 aliphatic rings. The van der Waals surface area contributed by atoms with Gasteiger partial charge in [-0.1, -0.05) is 6.92 Å². The van der Waals surface area contributed by atoms with E-state index in [0.717, 1.165) is 0 Å². The summed E-state index contributed by atoms with van der Waals surface area (Å²) in [6.45, 7) is 1.78. The number of methoxy groups -OCH3 is 2. The lowest BCUT2D eigenvalue weighted by Crippen LogP contribution is -2.05. The highest BCUT2D eigenvalue weighted by atomic mass is 79.9. The number of rotatable bonds is 4. The average molecular weight is 293 g/mol. The van der Waals surface area contributed by atoms with E-state index in [2.05, 4.69) is 15.9 Å². The van der Waals surface area contributed by atoms with Gasteiger partial charge in [0, 0.05) is 18.1 Å². The Morgan fingerprint density at radius 2 is 1.94 bits per heavy atom. The number of hydrogen-bond acceptors (Lipinski definition) is 3. The molecule has 3 nitrogen and oxygen atoms in total. The SMILES string of the molecule is COc1c(C(C)CO)cc(Br)c(F)c1OC. The molecule has 90 valence electrons. The molecule has 0 aliphatic carbocycles. The largest absolute Gasteiger partial charge is 0.492 e. The molecule has 0 amide bonds. The van der Waals surface area contributed by atoms with Crippen molar-refractivity contribution in [1.29, 1.82) is 0 Å². The first kappa shape index (κ1) is 13.3. The minimum atomic E-state index is -0.506. The van der Waals surface area contributed by atoms with Crippen LogP contribution >= 0.6 is 15.9 Å². The van der Waals surface area contributed by atoms with Crippen LogP contribution in [0.1, 0.15) is 18.4 Å². The van der Waals surface area contributed by atoms with Crippen LogP contribution in [-0.2, 0) is 0 Å². The Morgan fingerprint density at radius 3 is 2.38 bits per heavy atom. The predicted octanol–water partition coefficient (Wildman–Crippen LogP) is 2.70. The molecule has 0 heterocycles. The lowest BCUT2D eigenvalue weighted by atomic mass is 10.0. The summed E-state index contributed by atoms with van der Waals surface area (Å²) in [6.07, 6.45) is 0. The first-order valence-electron chi connectivity index (χ1n) is 4.77. The van der Waals surface area contributed by atoms with Gasteiger partial charge in [-0.05, 0) is 22.0 Å². The zero-order valence-electron chi connectivity index (χ0n) is 9.38. The molecule has 16 heavy (non-hydrogen) atoms. The Balaban J connectivity index is 3.43. The van der Waals surface area contributed by atoms with Crippen molar-refractivity contribution in [1.82, 2.24) is 0 Å². The molecular weight excluding hydrogens is 279 g/mol. The van der Waals surface area contributed by atoms with Gasteiger partial charge in [0.25, 0.3) is 0 Å². The molecule has 1 rings (SSSR count). The first-order valence-corrected chi connectivity index (χ1v) is 5.56. The van der Waals surface area contributed by atoms with E-state index in [1.165, 1.54) is 14.2 Å². The van der Waals surface area contributed by atoms with Gasteiger partial charge < -0.3 is 14.6 Å². The lowest BCUT2D eigenvalue weighted by Gasteiger charge is -2.17. The minimum absolute atomic E-state index is 0.0441. The van der Waals surface area contributed by atoms with Gasteiger partial charge in [-0.25, -0.2) is 4.39 Å². The summed E-state index contributed by atoms with van der Waals surface area (Å²) in [5.74, 6) is -0.286. The summed E-state index contributed by atoms with van der Waals surface area (Å²) in [5.41, 5.74) is 0.704. The number of halogens is 2. The summed E-state index contributed by atoms with van der Waals surface area (Å²) in [7, 11) is 2.82. The maximum absolute atomic E-state index is 13.7. The smallest absolute Gasteiger partial charge is 0.198 e. The highest BCUT2D eigenvalue weighted by Crippen LogP contribution is 2.41. The van der Waals surface area contributed by atoms with Gasteiger partial charge in [0.1, 0.15) is 0 Å². The molecule has 0 saturated carbocycles. The molecule has 1 aromatic rings. The van der Waals surface area contributed by atoms with Crippen LogP contribution in [-0.4, -0.2) is 25.9 Å². The molecule has 1 atom stereocenters. The van der Waals surface area contributed by atoms with Crippen LogP contribution in [0.15, 0.2) is 10.5 Å². The maximum Gasteiger partial charge on any atom is 0.198 e. The number of ether oxygens (including phenoxy) is 2. The fourth-order valence-electron chi connectivity index (χ4n) is 1.46. The van der Waals surface area contributed by atoms with E-state index >= 15 is 0 Å². The van der Waals surface area contributed by atoms with Crippen LogP contribution < -0.4 is 9.47 Å². The number of aliphatic hydroxyl groups is 1. The molecule has 0 aromatic heterocycles. The zero-order valence-corrected chi connectivity index (χ0v) is 11.0. The topological polar surface area (TPSA) is 38.7 Å². The van der Waals surface area contributed by atoms with E-state index in [4.69, 9.17) is 14.6 Å². The molecule has 0 saturated heterocycles. The van der Waals surface area contributed by atoms with Crippen molar-refractivity contribution < 1.29 is 19.0 Å². The van der Waals surface area contributed by atoms with Crippen LogP contribution in [0, 0.1) is 5.82 Å². The van der Waals surface area contributed by atoms with Crippen LogP contribution in [0.3, 0.4) is 0 Å². The first-order chi connectivity index (χ1) is 7.56. The Morgan fingerprint density at radius 1 is 1.38 bits per heavy atom. The molecule has 1 aromatic carbocycles. The molecule has 0 bridgehead atoms. The van der Waals surface area contributed by atoms with Gasteiger partial charge in [0.2, 0.25) is 0 Å². The molecule has 1 N–H and O–H groups in total. The van der Waals surface area contributed by atoms with Gasteiger partial charge >= 0.3 is 0 Å². The van der Waals surface area contributed by atoms with Gasteiger partial charge in [0.15, 0.2) is 17.3 Å². The molecule has 0 aliphatic heterocycles. The third-order valence-electron chi connectivity index (χ3n) is 2.37. The quantitative estimate of drug-likeness (QED) is 0.927. The lowest BCUT2D eigenvalue weighted by molar-refractivity contribution is 0.267. The third kappa shape index (κ3) is 2.30. The highest BCUT2D eigenvalue weighted by Gasteiger charge is 2.21. The number of hydrogen-bond donors (Lipinski definition) is 1. The second-order valence-electron chi connectivity index (χ2n) is 3.41. The van der Waals surface area contributed by atoms with Crippen molar-refractivity contribution in [3.63, 3.8) is 0 Å². The molecular formula is C11H14BrFO3. The maximum atomic E-state index is 13.7. The second-order valence-corrected chi connectivity index (χ2v) is 4.27. The van der Waals surface area contributed by atoms with Crippen LogP contribution in [0.25, 0.3) is 0 Å². The molecule has 5 heteroatoms. The van der Waals surface area contributed by atoms with Gasteiger partial charge in [-0.2, -0.15) is 0 Å². The van der Waals surface area contributed by atoms with Gasteiger partial charge in [0.05, 0.1) is 18.7 Å². The van der Waals surface area contributed by atoms with Gasteiger partial charge in [-0.3, -0.25) is 0 Å². The van der Waals surface area contributed by atoms with E-state index in [1.807, 2.05) is 6.92 Å². The van der Waals surface area contributed by atoms with E-state index in [-0.39, 0.29) is 18.3 Å². The van der Waals surface area contributed by atoms with Gasteiger partial charge in [-0.15, -0.1) is 0 Å². The second kappa shape index (κ2) is 5.50. The summed E-state index contributed by atoms with van der Waals surface area (Å²) < 4.78 is 24.1. The van der Waals surface area contributed by atoms with Crippen molar-refractivity contribution in [2.75, 3.05) is 20.8 Å². The molecule has 0 fully saturated rings. The van der Waals surface area contributed by atoms with Crippen LogP contribution in [0.5, 0.6) is 11.5 Å². The normalized spacial score (nSPS) is 12.4. The van der Waals surface area contributed by atoms with Crippen molar-refractivity contribution in [3.8, 4) is 11.5 Å². The number of benzene rings is 1. The highest BCUT2D eigenvalue weighted by molar-refractivity contribution is 9.10. The Kier molecular flexibility index (Phi) is 4.56. The van der Waals surface area contributed by atoms with E-state index in [0.29, 0.717) is 15.8 Å². The third-order valence-corrected chi connectivity index (χ3v) is 2.95. The average Bonchev–Trinajstić information content (AvgIpc) is 2.30. The Labute approximate surface area is 102 Å². The molecule has 0 radical (unpaired) electrons. The summed E-state index contributed by atoms with van der Waals surface area (Å²) in [4.78, 5) is 0. The fraction of sp³-hybridized carbons (Fsp3) is 0.455. The van der Waals surface area contributed by atoms with E-state index in [9.17, 15) is 4.39 Å². The Hall–Kier alpha value is -0.810. The fourth-order valence-corrected chi connectivity index (χ4v) is 1.89. The molecule has 1 unspecified atom stereocenters. The van der Waals surface area contributed by atoms with Crippen LogP contribution in [0.2, 0.25) is 0 Å². The molecule has 0 spiro atoms. The van der Waals surface area contributed by atoms with E-state index < -0.39 is 5.82 Å². The number of aliphatic hydroxyl groups excluding tert-OH is 1. The van der Waals surface area contributed by atoms with E-state index in [1.54, 1.807) is 6.07 Å². The standard InChI is InChI=1S/C11H14BrFO3/c1-6(5-14)7-4-8(12)9(13)11(16-3)10(7)15-2/h4,6,14H,5H2,1-3H3. The van der Waals surface area contributed by atoms with Crippen molar-refractivity contribution >= 4 is 15.9 Å². The summed E-state index contributed by atoms with van der Waals surface area (Å²) in [6, 6.07) is 1.59. The minimum Gasteiger partial charge on any atom is -0.492 e. The monoisotopic (exact) mass is 292 g/mol. The predicted molar refractivity (Wildman–Crippen MR) is 62.7 cm³/mol. The summed E-state index contributed by atoms with van der Waals surface area (Å²) >= 11 is 3.11. The summed E-state index contributed by atoms with van der Waals surface area (Å²) in [5, 5.41) is 9.13. The van der Waals surface area contributed by atoms with Crippen LogP contribution in [0.4, 0.5) is 4.39 Å². The van der Waals surface area contributed by atoms with Crippen molar-refractivity contribution in [2.45, 2.75) is 12.8 Å². The Bertz CT molecular complexity index is 382. The van der Waals surface area contributed by atoms with Crippen molar-refractivity contribution in [2.24, 2.45) is 0 Å².